The summed E-state index contributed by atoms with van der Waals surface area (Å²) < 4.78 is 10.8. The summed E-state index contributed by atoms with van der Waals surface area (Å²) in [5.41, 5.74) is 3.20. The molecule has 0 aliphatic rings. The highest BCUT2D eigenvalue weighted by molar-refractivity contribution is 5.65. The first-order valence-electron chi connectivity index (χ1n) is 7.69. The van der Waals surface area contributed by atoms with Gasteiger partial charge in [0.25, 0.3) is 0 Å². The van der Waals surface area contributed by atoms with Crippen molar-refractivity contribution >= 4 is 6.16 Å². The third kappa shape index (κ3) is 3.88. The van der Waals surface area contributed by atoms with E-state index in [-0.39, 0.29) is 6.10 Å². The molecule has 0 N–H and O–H groups in total. The number of carbonyl (C=O) groups excluding carboxylic acids is 1. The van der Waals surface area contributed by atoms with Crippen molar-refractivity contribution in [1.29, 1.82) is 0 Å². The molecule has 0 aliphatic heterocycles. The fourth-order valence-electron chi connectivity index (χ4n) is 2.49. The van der Waals surface area contributed by atoms with Crippen molar-refractivity contribution in [1.82, 2.24) is 0 Å². The predicted octanol–water partition coefficient (Wildman–Crippen LogP) is 5.09. The average molecular weight is 298 g/mol. The zero-order chi connectivity index (χ0) is 15.9. The second-order valence-corrected chi connectivity index (χ2v) is 5.12. The molecular weight excluding hydrogens is 276 g/mol. The highest BCUT2D eigenvalue weighted by atomic mass is 16.7. The minimum absolute atomic E-state index is 0.340. The predicted molar refractivity (Wildman–Crippen MR) is 87.2 cm³/mol. The summed E-state index contributed by atoms with van der Waals surface area (Å²) in [6.45, 7) is 5.98. The standard InChI is InChI=1S/C19H22O3/c1-4-15-12-9-13-18(17(15)5-2)22-19(20)21-14(3)16-10-7-6-8-11-16/h6-14H,4-5H2,1-3H3. The summed E-state index contributed by atoms with van der Waals surface area (Å²) in [6, 6.07) is 15.4. The molecule has 0 saturated carbocycles. The second kappa shape index (κ2) is 7.64. The normalized spacial score (nSPS) is 11.8. The molecule has 0 aliphatic carbocycles. The van der Waals surface area contributed by atoms with Gasteiger partial charge in [-0.3, -0.25) is 0 Å². The van der Waals surface area contributed by atoms with Gasteiger partial charge in [-0.05, 0) is 42.5 Å². The molecule has 2 rings (SSSR count). The van der Waals surface area contributed by atoms with Gasteiger partial charge < -0.3 is 9.47 Å². The van der Waals surface area contributed by atoms with Crippen LogP contribution in [0.2, 0.25) is 0 Å². The fraction of sp³-hybridized carbons (Fsp3) is 0.316. The topological polar surface area (TPSA) is 35.5 Å². The molecule has 0 spiro atoms. The van der Waals surface area contributed by atoms with E-state index in [2.05, 4.69) is 19.9 Å². The lowest BCUT2D eigenvalue weighted by atomic mass is 10.0. The zero-order valence-corrected chi connectivity index (χ0v) is 13.3. The highest BCUT2D eigenvalue weighted by Gasteiger charge is 2.16. The molecule has 0 bridgehead atoms. The first-order chi connectivity index (χ1) is 10.7. The van der Waals surface area contributed by atoms with Crippen LogP contribution in [0.5, 0.6) is 5.75 Å². The number of rotatable bonds is 5. The van der Waals surface area contributed by atoms with Crippen LogP contribution in [0.3, 0.4) is 0 Å². The molecule has 2 aromatic rings. The zero-order valence-electron chi connectivity index (χ0n) is 13.3. The quantitative estimate of drug-likeness (QED) is 0.570. The summed E-state index contributed by atoms with van der Waals surface area (Å²) in [6.07, 6.45) is 0.726. The molecule has 3 heteroatoms. The maximum absolute atomic E-state index is 12.0. The van der Waals surface area contributed by atoms with E-state index in [0.29, 0.717) is 5.75 Å². The SMILES string of the molecule is CCc1cccc(OC(=O)OC(C)c2ccccc2)c1CC. The lowest BCUT2D eigenvalue weighted by Crippen LogP contribution is -2.14. The van der Waals surface area contributed by atoms with Crippen LogP contribution < -0.4 is 4.74 Å². The summed E-state index contributed by atoms with van der Waals surface area (Å²) in [4.78, 5) is 12.0. The lowest BCUT2D eigenvalue weighted by molar-refractivity contribution is 0.0652. The van der Waals surface area contributed by atoms with E-state index in [1.807, 2.05) is 49.4 Å². The van der Waals surface area contributed by atoms with Crippen LogP contribution >= 0.6 is 0 Å². The minimum atomic E-state index is -0.667. The Morgan fingerprint density at radius 1 is 1.00 bits per heavy atom. The fourth-order valence-corrected chi connectivity index (χ4v) is 2.49. The Labute approximate surface area is 131 Å². The molecular formula is C19H22O3. The lowest BCUT2D eigenvalue weighted by Gasteiger charge is -2.15. The largest absolute Gasteiger partial charge is 0.514 e. The summed E-state index contributed by atoms with van der Waals surface area (Å²) >= 11 is 0. The summed E-state index contributed by atoms with van der Waals surface area (Å²) in [5.74, 6) is 0.590. The van der Waals surface area contributed by atoms with Crippen molar-refractivity contribution in [2.75, 3.05) is 0 Å². The van der Waals surface area contributed by atoms with Crippen LogP contribution in [0.1, 0.15) is 43.6 Å². The van der Waals surface area contributed by atoms with Gasteiger partial charge in [0.05, 0.1) is 0 Å². The first kappa shape index (κ1) is 16.1. The van der Waals surface area contributed by atoms with Crippen molar-refractivity contribution in [3.05, 3.63) is 65.2 Å². The molecule has 1 atom stereocenters. The van der Waals surface area contributed by atoms with Crippen LogP contribution in [0, 0.1) is 0 Å². The maximum Gasteiger partial charge on any atom is 0.514 e. The Bertz CT molecular complexity index is 620. The van der Waals surface area contributed by atoms with E-state index in [4.69, 9.17) is 9.47 Å². The van der Waals surface area contributed by atoms with E-state index in [1.165, 1.54) is 5.56 Å². The van der Waals surface area contributed by atoms with Crippen molar-refractivity contribution in [3.63, 3.8) is 0 Å². The van der Waals surface area contributed by atoms with Gasteiger partial charge in [0.15, 0.2) is 0 Å². The molecule has 0 aromatic heterocycles. The number of ether oxygens (including phenoxy) is 2. The van der Waals surface area contributed by atoms with E-state index < -0.39 is 6.16 Å². The number of hydrogen-bond acceptors (Lipinski definition) is 3. The van der Waals surface area contributed by atoms with Gasteiger partial charge in [-0.1, -0.05) is 56.3 Å². The number of hydrogen-bond donors (Lipinski definition) is 0. The van der Waals surface area contributed by atoms with E-state index in [9.17, 15) is 4.79 Å². The van der Waals surface area contributed by atoms with E-state index >= 15 is 0 Å². The van der Waals surface area contributed by atoms with Gasteiger partial charge in [-0.15, -0.1) is 0 Å². The molecule has 0 heterocycles. The molecule has 0 amide bonds. The van der Waals surface area contributed by atoms with Crippen LogP contribution in [0.15, 0.2) is 48.5 Å². The molecule has 22 heavy (non-hydrogen) atoms. The molecule has 3 nitrogen and oxygen atoms in total. The molecule has 2 aromatic carbocycles. The van der Waals surface area contributed by atoms with E-state index in [1.54, 1.807) is 0 Å². The first-order valence-corrected chi connectivity index (χ1v) is 7.69. The third-order valence-corrected chi connectivity index (χ3v) is 3.70. The van der Waals surface area contributed by atoms with Crippen molar-refractivity contribution in [2.45, 2.75) is 39.7 Å². The highest BCUT2D eigenvalue weighted by Crippen LogP contribution is 2.25. The summed E-state index contributed by atoms with van der Waals surface area (Å²) in [7, 11) is 0. The number of benzene rings is 2. The van der Waals surface area contributed by atoms with Gasteiger partial charge in [0.1, 0.15) is 11.9 Å². The second-order valence-electron chi connectivity index (χ2n) is 5.12. The minimum Gasteiger partial charge on any atom is -0.426 e. The van der Waals surface area contributed by atoms with Crippen molar-refractivity contribution in [2.24, 2.45) is 0 Å². The van der Waals surface area contributed by atoms with E-state index in [0.717, 1.165) is 24.0 Å². The van der Waals surface area contributed by atoms with Crippen LogP contribution in [0.25, 0.3) is 0 Å². The smallest absolute Gasteiger partial charge is 0.426 e. The van der Waals surface area contributed by atoms with Gasteiger partial charge in [0.2, 0.25) is 0 Å². The maximum atomic E-state index is 12.0. The van der Waals surface area contributed by atoms with Gasteiger partial charge >= 0.3 is 6.16 Å². The Hall–Kier alpha value is -2.29. The number of carbonyl (C=O) groups is 1. The average Bonchev–Trinajstić information content (AvgIpc) is 2.55. The Morgan fingerprint density at radius 2 is 1.73 bits per heavy atom. The molecule has 0 radical (unpaired) electrons. The van der Waals surface area contributed by atoms with Gasteiger partial charge in [0, 0.05) is 0 Å². The summed E-state index contributed by atoms with van der Waals surface area (Å²) in [5, 5.41) is 0. The Balaban J connectivity index is 2.06. The molecule has 0 fully saturated rings. The Kier molecular flexibility index (Phi) is 5.59. The van der Waals surface area contributed by atoms with Crippen molar-refractivity contribution in [3.8, 4) is 5.75 Å². The molecule has 116 valence electrons. The monoisotopic (exact) mass is 298 g/mol. The van der Waals surface area contributed by atoms with Crippen LogP contribution in [-0.2, 0) is 17.6 Å². The number of aryl methyl sites for hydroxylation is 1. The van der Waals surface area contributed by atoms with Crippen molar-refractivity contribution < 1.29 is 14.3 Å². The third-order valence-electron chi connectivity index (χ3n) is 3.70. The van der Waals surface area contributed by atoms with Gasteiger partial charge in [-0.25, -0.2) is 4.79 Å². The van der Waals surface area contributed by atoms with Crippen LogP contribution in [0.4, 0.5) is 4.79 Å². The molecule has 1 unspecified atom stereocenters. The Morgan fingerprint density at radius 3 is 2.36 bits per heavy atom. The van der Waals surface area contributed by atoms with Gasteiger partial charge in [-0.2, -0.15) is 0 Å². The molecule has 0 saturated heterocycles. The van der Waals surface area contributed by atoms with Crippen LogP contribution in [-0.4, -0.2) is 6.16 Å².